The number of Topliss-reactive ketones (excluding diaryl/α,β-unsaturated/α-hetero) is 1. The summed E-state index contributed by atoms with van der Waals surface area (Å²) in [5.74, 6) is -0.380. The molecule has 4 unspecified atom stereocenters. The van der Waals surface area contributed by atoms with Gasteiger partial charge in [-0.25, -0.2) is 4.98 Å². The van der Waals surface area contributed by atoms with Crippen molar-refractivity contribution in [1.82, 2.24) is 14.8 Å². The standard InChI is InChI=1S/C22H27N3O4S/c1-4-24-11-22-8-5-15(29-22)16(17(22)21(24)28)20(27)25-9-6-14(7-10-25)19-23-12(2)18(30-19)13(3)26/h5,8,14-17H,4,6-7,9-11H2,1-3H3. The van der Waals surface area contributed by atoms with Gasteiger partial charge in [0, 0.05) is 32.5 Å². The van der Waals surface area contributed by atoms with E-state index in [1.807, 2.05) is 30.9 Å². The zero-order chi connectivity index (χ0) is 21.2. The van der Waals surface area contributed by atoms with E-state index in [1.54, 1.807) is 11.8 Å². The van der Waals surface area contributed by atoms with Crippen molar-refractivity contribution in [2.24, 2.45) is 11.8 Å². The van der Waals surface area contributed by atoms with Crippen LogP contribution < -0.4 is 0 Å². The Balaban J connectivity index is 1.29. The van der Waals surface area contributed by atoms with Crippen LogP contribution in [-0.2, 0) is 14.3 Å². The van der Waals surface area contributed by atoms with E-state index in [0.29, 0.717) is 26.2 Å². The highest BCUT2D eigenvalue weighted by Crippen LogP contribution is 2.52. The summed E-state index contributed by atoms with van der Waals surface area (Å²) >= 11 is 1.49. The van der Waals surface area contributed by atoms with Crippen molar-refractivity contribution < 1.29 is 19.1 Å². The van der Waals surface area contributed by atoms with Crippen molar-refractivity contribution in [1.29, 1.82) is 0 Å². The quantitative estimate of drug-likeness (QED) is 0.541. The molecule has 30 heavy (non-hydrogen) atoms. The Kier molecular flexibility index (Phi) is 4.63. The van der Waals surface area contributed by atoms with Gasteiger partial charge in [-0.3, -0.25) is 14.4 Å². The van der Waals surface area contributed by atoms with Crippen LogP contribution in [0.3, 0.4) is 0 Å². The molecule has 2 amide bonds. The zero-order valence-electron chi connectivity index (χ0n) is 17.6. The number of rotatable bonds is 4. The van der Waals surface area contributed by atoms with Gasteiger partial charge in [-0.2, -0.15) is 0 Å². The first-order chi connectivity index (χ1) is 14.3. The molecule has 0 radical (unpaired) electrons. The molecule has 4 atom stereocenters. The number of ether oxygens (including phenoxy) is 1. The monoisotopic (exact) mass is 429 g/mol. The molecule has 2 bridgehead atoms. The minimum atomic E-state index is -0.613. The summed E-state index contributed by atoms with van der Waals surface area (Å²) in [5, 5.41) is 1.000. The topological polar surface area (TPSA) is 79.8 Å². The molecule has 4 aliphatic rings. The number of fused-ring (bicyclic) bond motifs is 1. The number of aromatic nitrogens is 1. The molecule has 0 N–H and O–H groups in total. The van der Waals surface area contributed by atoms with Crippen molar-refractivity contribution in [3.05, 3.63) is 27.7 Å². The summed E-state index contributed by atoms with van der Waals surface area (Å²) in [6, 6.07) is 0. The molecule has 160 valence electrons. The van der Waals surface area contributed by atoms with E-state index in [1.165, 1.54) is 11.3 Å². The number of carbonyl (C=O) groups excluding carboxylic acids is 3. The van der Waals surface area contributed by atoms with Gasteiger partial charge < -0.3 is 14.5 Å². The molecule has 0 aromatic carbocycles. The van der Waals surface area contributed by atoms with Gasteiger partial charge in [0.15, 0.2) is 5.78 Å². The Hall–Kier alpha value is -2.06. The van der Waals surface area contributed by atoms with Crippen LogP contribution in [0.1, 0.15) is 53.0 Å². The summed E-state index contributed by atoms with van der Waals surface area (Å²) in [7, 11) is 0. The Bertz CT molecular complexity index is 948. The molecule has 5 rings (SSSR count). The third-order valence-electron chi connectivity index (χ3n) is 7.13. The van der Waals surface area contributed by atoms with Gasteiger partial charge in [-0.05, 0) is 26.7 Å². The summed E-state index contributed by atoms with van der Waals surface area (Å²) in [6.45, 7) is 7.91. The minimum Gasteiger partial charge on any atom is -0.360 e. The van der Waals surface area contributed by atoms with Crippen LogP contribution in [0, 0.1) is 18.8 Å². The fourth-order valence-corrected chi connectivity index (χ4v) is 6.74. The van der Waals surface area contributed by atoms with Crippen molar-refractivity contribution in [2.45, 2.75) is 51.2 Å². The fourth-order valence-electron chi connectivity index (χ4n) is 5.60. The number of amides is 2. The highest BCUT2D eigenvalue weighted by Gasteiger charge is 2.67. The normalized spacial score (nSPS) is 32.9. The van der Waals surface area contributed by atoms with Crippen LogP contribution in [0.15, 0.2) is 12.2 Å². The molecule has 3 fully saturated rings. The largest absolute Gasteiger partial charge is 0.360 e. The van der Waals surface area contributed by atoms with E-state index in [0.717, 1.165) is 28.4 Å². The second-order valence-corrected chi connectivity index (χ2v) is 9.91. The highest BCUT2D eigenvalue weighted by molar-refractivity contribution is 7.13. The van der Waals surface area contributed by atoms with Gasteiger partial charge in [0.2, 0.25) is 11.8 Å². The number of hydrogen-bond donors (Lipinski definition) is 0. The molecule has 3 saturated heterocycles. The van der Waals surface area contributed by atoms with Crippen molar-refractivity contribution >= 4 is 28.9 Å². The molecule has 1 aromatic heterocycles. The zero-order valence-corrected chi connectivity index (χ0v) is 18.4. The second kappa shape index (κ2) is 6.99. The predicted octanol–water partition coefficient (Wildman–Crippen LogP) is 2.16. The maximum absolute atomic E-state index is 13.4. The number of thiazole rings is 1. The highest BCUT2D eigenvalue weighted by atomic mass is 32.1. The molecule has 8 heteroatoms. The number of ketones is 1. The van der Waals surface area contributed by atoms with E-state index >= 15 is 0 Å². The summed E-state index contributed by atoms with van der Waals surface area (Å²) in [4.78, 5) is 47.2. The third kappa shape index (κ3) is 2.80. The van der Waals surface area contributed by atoms with E-state index in [-0.39, 0.29) is 29.6 Å². The molecule has 4 aliphatic heterocycles. The summed E-state index contributed by atoms with van der Waals surface area (Å²) in [5.41, 5.74) is 0.190. The van der Waals surface area contributed by atoms with Crippen LogP contribution >= 0.6 is 11.3 Å². The number of aryl methyl sites for hydroxylation is 1. The van der Waals surface area contributed by atoms with E-state index in [2.05, 4.69) is 4.98 Å². The number of likely N-dealkylation sites (N-methyl/N-ethyl adjacent to an activating group) is 1. The summed E-state index contributed by atoms with van der Waals surface area (Å²) in [6.07, 6.45) is 5.34. The fraction of sp³-hybridized carbons (Fsp3) is 0.636. The lowest BCUT2D eigenvalue weighted by atomic mass is 9.76. The van der Waals surface area contributed by atoms with Crippen LogP contribution in [0.5, 0.6) is 0 Å². The van der Waals surface area contributed by atoms with Gasteiger partial charge in [-0.1, -0.05) is 12.2 Å². The lowest BCUT2D eigenvalue weighted by molar-refractivity contribution is -0.144. The second-order valence-electron chi connectivity index (χ2n) is 8.87. The molecule has 5 heterocycles. The van der Waals surface area contributed by atoms with Crippen molar-refractivity contribution in [3.8, 4) is 0 Å². The number of hydrogen-bond acceptors (Lipinski definition) is 6. The average molecular weight is 430 g/mol. The Morgan fingerprint density at radius 3 is 2.70 bits per heavy atom. The van der Waals surface area contributed by atoms with Gasteiger partial charge in [0.1, 0.15) is 5.60 Å². The van der Waals surface area contributed by atoms with E-state index in [4.69, 9.17) is 4.74 Å². The van der Waals surface area contributed by atoms with Crippen LogP contribution in [0.2, 0.25) is 0 Å². The average Bonchev–Trinajstić information content (AvgIpc) is 3.47. The maximum Gasteiger partial charge on any atom is 0.230 e. The Labute approximate surface area is 180 Å². The Morgan fingerprint density at radius 2 is 2.07 bits per heavy atom. The maximum atomic E-state index is 13.4. The number of carbonyl (C=O) groups is 3. The van der Waals surface area contributed by atoms with E-state index in [9.17, 15) is 14.4 Å². The third-order valence-corrected chi connectivity index (χ3v) is 8.56. The van der Waals surface area contributed by atoms with Crippen LogP contribution in [-0.4, -0.2) is 70.3 Å². The van der Waals surface area contributed by atoms with Crippen LogP contribution in [0.25, 0.3) is 0 Å². The first-order valence-electron chi connectivity index (χ1n) is 10.8. The van der Waals surface area contributed by atoms with E-state index < -0.39 is 17.4 Å². The predicted molar refractivity (Wildman–Crippen MR) is 111 cm³/mol. The molecule has 1 aromatic rings. The SMILES string of the molecule is CCN1CC23C=CC(O2)C(C(=O)N2CCC(c4nc(C)c(C(C)=O)s4)CC2)C3C1=O. The number of piperidine rings is 1. The molecule has 7 nitrogen and oxygen atoms in total. The minimum absolute atomic E-state index is 0.0423. The van der Waals surface area contributed by atoms with Crippen LogP contribution in [0.4, 0.5) is 0 Å². The lowest BCUT2D eigenvalue weighted by Gasteiger charge is -2.35. The van der Waals surface area contributed by atoms with Gasteiger partial charge >= 0.3 is 0 Å². The molecule has 0 aliphatic carbocycles. The summed E-state index contributed by atoms with van der Waals surface area (Å²) < 4.78 is 6.18. The molecule has 0 saturated carbocycles. The van der Waals surface area contributed by atoms with Gasteiger partial charge in [0.25, 0.3) is 0 Å². The molecular formula is C22H27N3O4S. The van der Waals surface area contributed by atoms with Crippen molar-refractivity contribution in [3.63, 3.8) is 0 Å². The lowest BCUT2D eigenvalue weighted by Crippen LogP contribution is -2.48. The molecule has 1 spiro atoms. The van der Waals surface area contributed by atoms with Gasteiger partial charge in [0.05, 0.1) is 40.1 Å². The first-order valence-corrected chi connectivity index (χ1v) is 11.6. The smallest absolute Gasteiger partial charge is 0.230 e. The Morgan fingerprint density at radius 1 is 1.33 bits per heavy atom. The van der Waals surface area contributed by atoms with Gasteiger partial charge in [-0.15, -0.1) is 11.3 Å². The number of likely N-dealkylation sites (tertiary alicyclic amines) is 2. The first kappa shape index (κ1) is 19.9. The number of nitrogens with zero attached hydrogens (tertiary/aromatic N) is 3. The molecular weight excluding hydrogens is 402 g/mol. The van der Waals surface area contributed by atoms with Crippen molar-refractivity contribution in [2.75, 3.05) is 26.2 Å².